The molecule has 0 radical (unpaired) electrons. The van der Waals surface area contributed by atoms with Crippen LogP contribution in [0.15, 0.2) is 54.6 Å². The van der Waals surface area contributed by atoms with Crippen LogP contribution in [0.25, 0.3) is 0 Å². The maximum atomic E-state index is 12.9. The van der Waals surface area contributed by atoms with Crippen molar-refractivity contribution >= 4 is 21.4 Å². The highest BCUT2D eigenvalue weighted by Crippen LogP contribution is 2.26. The lowest BCUT2D eigenvalue weighted by molar-refractivity contribution is -0.121. The number of benzene rings is 2. The third kappa shape index (κ3) is 4.93. The molecule has 28 heavy (non-hydrogen) atoms. The number of para-hydroxylation sites is 1. The van der Waals surface area contributed by atoms with Crippen molar-refractivity contribution < 1.29 is 17.9 Å². The molecule has 1 fully saturated rings. The number of nitrogens with zero attached hydrogens (tertiary/aromatic N) is 1. The normalized spacial score (nSPS) is 18.6. The van der Waals surface area contributed by atoms with Crippen LogP contribution >= 0.6 is 0 Å². The van der Waals surface area contributed by atoms with Crippen molar-refractivity contribution in [3.63, 3.8) is 0 Å². The summed E-state index contributed by atoms with van der Waals surface area (Å²) in [6, 6.07) is 16.5. The Labute approximate surface area is 167 Å². The highest BCUT2D eigenvalue weighted by atomic mass is 32.2. The highest BCUT2D eigenvalue weighted by Gasteiger charge is 2.35. The molecule has 0 bridgehead atoms. The van der Waals surface area contributed by atoms with Gasteiger partial charge in [0.05, 0.1) is 17.5 Å². The molecule has 1 aliphatic heterocycles. The monoisotopic (exact) mass is 401 g/mol. The average Bonchev–Trinajstić information content (AvgIpc) is 3.00. The molecule has 6 heteroatoms. The fraction of sp³-hybridized carbons (Fsp3) is 0.409. The number of rotatable bonds is 5. The van der Waals surface area contributed by atoms with Gasteiger partial charge in [-0.25, -0.2) is 8.42 Å². The van der Waals surface area contributed by atoms with E-state index in [9.17, 15) is 13.2 Å². The van der Waals surface area contributed by atoms with Crippen molar-refractivity contribution in [2.75, 3.05) is 23.0 Å². The number of carbonyl (C=O) groups is 1. The minimum absolute atomic E-state index is 0.00604. The van der Waals surface area contributed by atoms with E-state index in [0.717, 1.165) is 0 Å². The molecule has 1 saturated heterocycles. The van der Waals surface area contributed by atoms with Gasteiger partial charge in [-0.3, -0.25) is 4.79 Å². The van der Waals surface area contributed by atoms with Gasteiger partial charge >= 0.3 is 0 Å². The van der Waals surface area contributed by atoms with Crippen LogP contribution in [-0.2, 0) is 20.0 Å². The predicted octanol–water partition coefficient (Wildman–Crippen LogP) is 3.58. The molecule has 0 aromatic heterocycles. The second kappa shape index (κ2) is 7.95. The zero-order valence-corrected chi connectivity index (χ0v) is 17.4. The molecule has 150 valence electrons. The number of carbonyl (C=O) groups excluding carboxylic acids is 1. The molecule has 0 aliphatic carbocycles. The summed E-state index contributed by atoms with van der Waals surface area (Å²) in [6.07, 6.45) is 0.448. The summed E-state index contributed by atoms with van der Waals surface area (Å²) in [7, 11) is -3.10. The molecule has 2 aromatic carbocycles. The van der Waals surface area contributed by atoms with Crippen LogP contribution in [0.1, 0.15) is 32.8 Å². The Bertz CT molecular complexity index is 915. The van der Waals surface area contributed by atoms with Gasteiger partial charge in [-0.1, -0.05) is 51.1 Å². The van der Waals surface area contributed by atoms with E-state index in [-0.39, 0.29) is 35.5 Å². The minimum Gasteiger partial charge on any atom is -0.484 e. The van der Waals surface area contributed by atoms with Crippen molar-refractivity contribution in [3.05, 3.63) is 60.2 Å². The topological polar surface area (TPSA) is 63.7 Å². The van der Waals surface area contributed by atoms with Gasteiger partial charge in [-0.15, -0.1) is 0 Å². The maximum Gasteiger partial charge on any atom is 0.265 e. The van der Waals surface area contributed by atoms with E-state index in [2.05, 4.69) is 20.8 Å². The molecule has 1 aliphatic rings. The van der Waals surface area contributed by atoms with Crippen LogP contribution in [0.4, 0.5) is 5.69 Å². The number of ether oxygens (including phenoxy) is 1. The molecular weight excluding hydrogens is 374 g/mol. The van der Waals surface area contributed by atoms with E-state index in [1.165, 1.54) is 5.56 Å². The number of hydrogen-bond donors (Lipinski definition) is 0. The summed E-state index contributed by atoms with van der Waals surface area (Å²) >= 11 is 0. The molecular formula is C22H27NO4S. The third-order valence-corrected chi connectivity index (χ3v) is 6.71. The predicted molar refractivity (Wildman–Crippen MR) is 112 cm³/mol. The first-order chi connectivity index (χ1) is 13.2. The van der Waals surface area contributed by atoms with Gasteiger partial charge < -0.3 is 9.64 Å². The van der Waals surface area contributed by atoms with E-state index < -0.39 is 9.84 Å². The van der Waals surface area contributed by atoms with Crippen molar-refractivity contribution in [2.24, 2.45) is 0 Å². The molecule has 1 atom stereocenters. The largest absolute Gasteiger partial charge is 0.484 e. The Kier molecular flexibility index (Phi) is 5.79. The summed E-state index contributed by atoms with van der Waals surface area (Å²) in [5.41, 5.74) is 1.93. The zero-order valence-electron chi connectivity index (χ0n) is 16.6. The van der Waals surface area contributed by atoms with Crippen LogP contribution in [0, 0.1) is 0 Å². The molecule has 0 saturated carbocycles. The lowest BCUT2D eigenvalue weighted by Crippen LogP contribution is -2.43. The van der Waals surface area contributed by atoms with Crippen LogP contribution in [-0.4, -0.2) is 38.5 Å². The summed E-state index contributed by atoms with van der Waals surface area (Å²) < 4.78 is 29.6. The van der Waals surface area contributed by atoms with Crippen molar-refractivity contribution in [3.8, 4) is 5.75 Å². The first-order valence-corrected chi connectivity index (χ1v) is 11.3. The van der Waals surface area contributed by atoms with Crippen LogP contribution < -0.4 is 9.64 Å². The van der Waals surface area contributed by atoms with Crippen LogP contribution in [0.3, 0.4) is 0 Å². The van der Waals surface area contributed by atoms with Gasteiger partial charge in [0.25, 0.3) is 5.91 Å². The minimum atomic E-state index is -3.10. The fourth-order valence-corrected chi connectivity index (χ4v) is 5.09. The lowest BCUT2D eigenvalue weighted by atomic mass is 9.87. The second-order valence-electron chi connectivity index (χ2n) is 8.22. The Morgan fingerprint density at radius 1 is 1.07 bits per heavy atom. The number of amides is 1. The van der Waals surface area contributed by atoms with Gasteiger partial charge in [0.2, 0.25) is 0 Å². The van der Waals surface area contributed by atoms with E-state index in [1.54, 1.807) is 4.90 Å². The van der Waals surface area contributed by atoms with E-state index >= 15 is 0 Å². The first-order valence-electron chi connectivity index (χ1n) is 9.47. The van der Waals surface area contributed by atoms with Crippen molar-refractivity contribution in [1.29, 1.82) is 0 Å². The zero-order chi connectivity index (χ0) is 20.4. The van der Waals surface area contributed by atoms with Crippen LogP contribution in [0.2, 0.25) is 0 Å². The fourth-order valence-electron chi connectivity index (χ4n) is 3.39. The molecule has 3 rings (SSSR count). The van der Waals surface area contributed by atoms with E-state index in [0.29, 0.717) is 17.9 Å². The average molecular weight is 402 g/mol. The Morgan fingerprint density at radius 3 is 2.25 bits per heavy atom. The number of sulfone groups is 1. The van der Waals surface area contributed by atoms with Crippen molar-refractivity contribution in [1.82, 2.24) is 0 Å². The third-order valence-electron chi connectivity index (χ3n) is 4.96. The van der Waals surface area contributed by atoms with Gasteiger partial charge in [0, 0.05) is 5.69 Å². The van der Waals surface area contributed by atoms with E-state index in [1.807, 2.05) is 54.6 Å². The van der Waals surface area contributed by atoms with Gasteiger partial charge in [-0.05, 0) is 41.7 Å². The van der Waals surface area contributed by atoms with Gasteiger partial charge in [0.15, 0.2) is 16.4 Å². The quantitative estimate of drug-likeness (QED) is 0.768. The molecule has 1 amide bonds. The molecule has 2 aromatic rings. The maximum absolute atomic E-state index is 12.9. The molecule has 0 spiro atoms. The summed E-state index contributed by atoms with van der Waals surface area (Å²) in [5.74, 6) is 0.485. The summed E-state index contributed by atoms with van der Waals surface area (Å²) in [6.45, 7) is 6.28. The smallest absolute Gasteiger partial charge is 0.265 e. The molecule has 0 unspecified atom stereocenters. The Hall–Kier alpha value is -2.34. The second-order valence-corrected chi connectivity index (χ2v) is 10.4. The highest BCUT2D eigenvalue weighted by molar-refractivity contribution is 7.91. The SMILES string of the molecule is CC(C)(C)c1ccc(OCC(=O)N(c2ccccc2)[C@@H]2CCS(=O)(=O)C2)cc1. The summed E-state index contributed by atoms with van der Waals surface area (Å²) in [4.78, 5) is 14.5. The van der Waals surface area contributed by atoms with Gasteiger partial charge in [0.1, 0.15) is 5.75 Å². The molecule has 5 nitrogen and oxygen atoms in total. The van der Waals surface area contributed by atoms with Gasteiger partial charge in [-0.2, -0.15) is 0 Å². The number of anilines is 1. The molecule has 1 heterocycles. The summed E-state index contributed by atoms with van der Waals surface area (Å²) in [5, 5.41) is 0. The first kappa shape index (κ1) is 20.4. The Morgan fingerprint density at radius 2 is 1.71 bits per heavy atom. The Balaban J connectivity index is 1.73. The standard InChI is InChI=1S/C22H27NO4S/c1-22(2,3)17-9-11-20(12-10-17)27-15-21(24)23(18-7-5-4-6-8-18)19-13-14-28(25,26)16-19/h4-12,19H,13-16H2,1-3H3/t19-/m1/s1. The number of hydrogen-bond acceptors (Lipinski definition) is 4. The van der Waals surface area contributed by atoms with E-state index in [4.69, 9.17) is 4.74 Å². The molecule has 0 N–H and O–H groups in total. The lowest BCUT2D eigenvalue weighted by Gasteiger charge is -2.28. The van der Waals surface area contributed by atoms with Crippen LogP contribution in [0.5, 0.6) is 5.75 Å². The van der Waals surface area contributed by atoms with Crippen molar-refractivity contribution in [2.45, 2.75) is 38.6 Å².